The molecule has 17 heavy (non-hydrogen) atoms. The first kappa shape index (κ1) is 12.8. The van der Waals surface area contributed by atoms with Crippen molar-refractivity contribution in [1.82, 2.24) is 0 Å². The number of aryl methyl sites for hydroxylation is 1. The molecule has 0 saturated carbocycles. The third-order valence-electron chi connectivity index (χ3n) is 2.10. The van der Waals surface area contributed by atoms with Gasteiger partial charge in [0.25, 0.3) is 0 Å². The summed E-state index contributed by atoms with van der Waals surface area (Å²) in [6, 6.07) is 7.41. The van der Waals surface area contributed by atoms with Crippen LogP contribution in [0.15, 0.2) is 30.3 Å². The van der Waals surface area contributed by atoms with Gasteiger partial charge in [0.2, 0.25) is 0 Å². The molecule has 0 amide bonds. The number of carboxylic acids is 1. The minimum atomic E-state index is -1.83. The molecule has 0 unspecified atom stereocenters. The lowest BCUT2D eigenvalue weighted by atomic mass is 10.1. The van der Waals surface area contributed by atoms with Crippen molar-refractivity contribution < 1.29 is 19.5 Å². The maximum absolute atomic E-state index is 11.2. The molecule has 0 saturated heterocycles. The van der Waals surface area contributed by atoms with Gasteiger partial charge < -0.3 is 9.90 Å². The van der Waals surface area contributed by atoms with Gasteiger partial charge in [-0.1, -0.05) is 35.9 Å². The van der Waals surface area contributed by atoms with E-state index >= 15 is 0 Å². The van der Waals surface area contributed by atoms with E-state index in [2.05, 4.69) is 0 Å². The highest BCUT2D eigenvalue weighted by Crippen LogP contribution is 2.05. The molecule has 0 aliphatic rings. The first-order valence-corrected chi connectivity index (χ1v) is 5.01. The Morgan fingerprint density at radius 1 is 1.18 bits per heavy atom. The highest BCUT2D eigenvalue weighted by Gasteiger charge is 2.07. The average Bonchev–Trinajstić information content (AvgIpc) is 2.28. The van der Waals surface area contributed by atoms with Crippen LogP contribution in [0, 0.1) is 6.92 Å². The third-order valence-corrected chi connectivity index (χ3v) is 2.10. The van der Waals surface area contributed by atoms with Crippen molar-refractivity contribution in [3.63, 3.8) is 0 Å². The molecule has 1 rings (SSSR count). The zero-order valence-corrected chi connectivity index (χ0v) is 9.30. The van der Waals surface area contributed by atoms with Crippen LogP contribution in [0.2, 0.25) is 0 Å². The van der Waals surface area contributed by atoms with Crippen LogP contribution in [0.4, 0.5) is 0 Å². The third kappa shape index (κ3) is 4.42. The van der Waals surface area contributed by atoms with Gasteiger partial charge in [-0.15, -0.1) is 0 Å². The number of aliphatic carboxylic acids is 1. The van der Waals surface area contributed by atoms with E-state index in [4.69, 9.17) is 0 Å². The van der Waals surface area contributed by atoms with E-state index in [9.17, 15) is 19.5 Å². The van der Waals surface area contributed by atoms with Crippen LogP contribution in [0.5, 0.6) is 0 Å². The summed E-state index contributed by atoms with van der Waals surface area (Å²) in [5.41, 5.74) is 1.91. The van der Waals surface area contributed by atoms with Crippen LogP contribution < -0.4 is 5.11 Å². The van der Waals surface area contributed by atoms with Crippen LogP contribution in [-0.4, -0.2) is 17.5 Å². The van der Waals surface area contributed by atoms with Crippen molar-refractivity contribution in [3.05, 3.63) is 41.5 Å². The van der Waals surface area contributed by atoms with Crippen molar-refractivity contribution in [3.8, 4) is 0 Å². The molecule has 88 valence electrons. The van der Waals surface area contributed by atoms with Crippen molar-refractivity contribution in [1.29, 1.82) is 0 Å². The number of carbonyl (C=O) groups is 3. The van der Waals surface area contributed by atoms with E-state index in [0.717, 1.165) is 11.1 Å². The van der Waals surface area contributed by atoms with E-state index < -0.39 is 24.0 Å². The van der Waals surface area contributed by atoms with Gasteiger partial charge >= 0.3 is 0 Å². The highest BCUT2D eigenvalue weighted by atomic mass is 16.4. The minimum Gasteiger partial charge on any atom is -0.542 e. The predicted octanol–water partition coefficient (Wildman–Crippen LogP) is 0.286. The fourth-order valence-electron chi connectivity index (χ4n) is 1.16. The predicted molar refractivity (Wildman–Crippen MR) is 59.9 cm³/mol. The average molecular weight is 231 g/mol. The lowest BCUT2D eigenvalue weighted by molar-refractivity contribution is -0.299. The number of Topliss-reactive ketones (excluding diaryl/α,β-unsaturated/α-hetero) is 1. The lowest BCUT2D eigenvalue weighted by Crippen LogP contribution is -2.32. The summed E-state index contributed by atoms with van der Waals surface area (Å²) < 4.78 is 0. The number of carboxylic acid groups (broad SMARTS) is 1. The maximum Gasteiger partial charge on any atom is 0.185 e. The molecule has 0 bridgehead atoms. The Kier molecular flexibility index (Phi) is 4.34. The Morgan fingerprint density at radius 3 is 2.29 bits per heavy atom. The largest absolute Gasteiger partial charge is 0.542 e. The number of hydrogen-bond donors (Lipinski definition) is 0. The Hall–Kier alpha value is -2.23. The Labute approximate surface area is 98.6 Å². The maximum atomic E-state index is 11.2. The number of hydrogen-bond acceptors (Lipinski definition) is 4. The SMILES string of the molecule is Cc1ccc(/C=C/C(=O)CC(=O)C(=O)[O-])cc1. The zero-order chi connectivity index (χ0) is 12.8. The van der Waals surface area contributed by atoms with Crippen molar-refractivity contribution >= 4 is 23.6 Å². The topological polar surface area (TPSA) is 74.3 Å². The zero-order valence-electron chi connectivity index (χ0n) is 9.30. The van der Waals surface area contributed by atoms with Crippen molar-refractivity contribution in [2.45, 2.75) is 13.3 Å². The number of rotatable bonds is 5. The van der Waals surface area contributed by atoms with Gasteiger partial charge in [-0.3, -0.25) is 9.59 Å². The van der Waals surface area contributed by atoms with E-state index in [-0.39, 0.29) is 0 Å². The first-order chi connectivity index (χ1) is 7.99. The molecule has 0 spiro atoms. The standard InChI is InChI=1S/C13H12O4/c1-9-2-4-10(5-3-9)6-7-11(14)8-12(15)13(16)17/h2-7H,8H2,1H3,(H,16,17)/p-1/b7-6+. The summed E-state index contributed by atoms with van der Waals surface area (Å²) in [4.78, 5) is 32.0. The van der Waals surface area contributed by atoms with E-state index in [0.29, 0.717) is 0 Å². The van der Waals surface area contributed by atoms with Gasteiger partial charge in [0.15, 0.2) is 11.6 Å². The fraction of sp³-hybridized carbons (Fsp3) is 0.154. The normalized spacial score (nSPS) is 10.4. The molecular weight excluding hydrogens is 220 g/mol. The van der Waals surface area contributed by atoms with E-state index in [1.165, 1.54) is 12.2 Å². The minimum absolute atomic E-state index is 0.556. The molecule has 0 heterocycles. The van der Waals surface area contributed by atoms with E-state index in [1.54, 1.807) is 0 Å². The summed E-state index contributed by atoms with van der Waals surface area (Å²) >= 11 is 0. The molecule has 4 nitrogen and oxygen atoms in total. The Balaban J connectivity index is 2.59. The summed E-state index contributed by atoms with van der Waals surface area (Å²) in [6.07, 6.45) is 2.06. The molecular formula is C13H11O4-. The Bertz CT molecular complexity index is 469. The molecule has 4 heteroatoms. The van der Waals surface area contributed by atoms with Crippen molar-refractivity contribution in [2.24, 2.45) is 0 Å². The van der Waals surface area contributed by atoms with Gasteiger partial charge in [0.1, 0.15) is 5.97 Å². The number of carbonyl (C=O) groups excluding carboxylic acids is 3. The monoisotopic (exact) mass is 231 g/mol. The van der Waals surface area contributed by atoms with Gasteiger partial charge in [-0.05, 0) is 18.6 Å². The van der Waals surface area contributed by atoms with Crippen LogP contribution in [0.1, 0.15) is 17.5 Å². The molecule has 0 aromatic heterocycles. The summed E-state index contributed by atoms with van der Waals surface area (Å²) in [7, 11) is 0. The smallest absolute Gasteiger partial charge is 0.185 e. The second kappa shape index (κ2) is 5.75. The van der Waals surface area contributed by atoms with Crippen LogP contribution in [-0.2, 0) is 14.4 Å². The highest BCUT2D eigenvalue weighted by molar-refractivity contribution is 6.36. The van der Waals surface area contributed by atoms with Gasteiger partial charge in [0.05, 0.1) is 6.42 Å². The van der Waals surface area contributed by atoms with Crippen LogP contribution >= 0.6 is 0 Å². The summed E-state index contributed by atoms with van der Waals surface area (Å²) in [5, 5.41) is 10.1. The molecule has 0 N–H and O–H groups in total. The van der Waals surface area contributed by atoms with Gasteiger partial charge in [-0.25, -0.2) is 0 Å². The quantitative estimate of drug-likeness (QED) is 0.414. The van der Waals surface area contributed by atoms with E-state index in [1.807, 2.05) is 31.2 Å². The second-order valence-corrected chi connectivity index (χ2v) is 3.60. The first-order valence-electron chi connectivity index (χ1n) is 5.01. The molecule has 0 aliphatic heterocycles. The van der Waals surface area contributed by atoms with Gasteiger partial charge in [-0.2, -0.15) is 0 Å². The fourth-order valence-corrected chi connectivity index (χ4v) is 1.16. The summed E-state index contributed by atoms with van der Waals surface area (Å²) in [6.45, 7) is 1.94. The summed E-state index contributed by atoms with van der Waals surface area (Å²) in [5.74, 6) is -3.59. The molecule has 0 fully saturated rings. The van der Waals surface area contributed by atoms with Crippen molar-refractivity contribution in [2.75, 3.05) is 0 Å². The number of benzene rings is 1. The lowest BCUT2D eigenvalue weighted by Gasteiger charge is -1.97. The number of allylic oxidation sites excluding steroid dienone is 1. The molecule has 0 radical (unpaired) electrons. The second-order valence-electron chi connectivity index (χ2n) is 3.60. The van der Waals surface area contributed by atoms with Crippen LogP contribution in [0.25, 0.3) is 6.08 Å². The number of ketones is 2. The molecule has 1 aromatic carbocycles. The molecule has 1 aromatic rings. The van der Waals surface area contributed by atoms with Crippen LogP contribution in [0.3, 0.4) is 0 Å². The molecule has 0 atom stereocenters. The Morgan fingerprint density at radius 2 is 1.76 bits per heavy atom. The van der Waals surface area contributed by atoms with Gasteiger partial charge in [0, 0.05) is 0 Å². The molecule has 0 aliphatic carbocycles.